The maximum atomic E-state index is 5.50. The van der Waals surface area contributed by atoms with E-state index < -0.39 is 0 Å². The van der Waals surface area contributed by atoms with Gasteiger partial charge in [-0.1, -0.05) is 23.9 Å². The summed E-state index contributed by atoms with van der Waals surface area (Å²) in [5.74, 6) is 8.57. The molecule has 8 heteroatoms. The van der Waals surface area contributed by atoms with Gasteiger partial charge in [0, 0.05) is 26.2 Å². The highest BCUT2D eigenvalue weighted by atomic mass is 32.2. The largest absolute Gasteiger partial charge is 0.355 e. The number of hydrazine groups is 1. The molecule has 0 atom stereocenters. The number of nitrogens with two attached hydrogens (primary N) is 1. The molecule has 3 aromatic rings. The Morgan fingerprint density at radius 3 is 2.71 bits per heavy atom. The number of aromatic nitrogens is 4. The number of imidazole rings is 1. The van der Waals surface area contributed by atoms with Crippen molar-refractivity contribution in [2.75, 3.05) is 29.7 Å². The SMILES string of the molecule is CSc1nc(NN)cc(N2CC(c3nc4ccccc4n3C)C2)n1. The monoisotopic (exact) mass is 341 g/mol. The molecule has 124 valence electrons. The predicted octanol–water partition coefficient (Wildman–Crippen LogP) is 1.97. The molecular formula is C16H19N7S. The molecule has 0 spiro atoms. The first-order valence-corrected chi connectivity index (χ1v) is 8.98. The molecule has 1 aliphatic heterocycles. The van der Waals surface area contributed by atoms with Crippen molar-refractivity contribution in [3.63, 3.8) is 0 Å². The van der Waals surface area contributed by atoms with Crippen LogP contribution in [0.25, 0.3) is 11.0 Å². The van der Waals surface area contributed by atoms with Crippen molar-refractivity contribution >= 4 is 34.4 Å². The number of nitrogens with one attached hydrogen (secondary N) is 1. The number of fused-ring (bicyclic) bond motifs is 1. The van der Waals surface area contributed by atoms with E-state index in [2.05, 4.69) is 44.0 Å². The predicted molar refractivity (Wildman–Crippen MR) is 97.3 cm³/mol. The minimum Gasteiger partial charge on any atom is -0.355 e. The van der Waals surface area contributed by atoms with Gasteiger partial charge in [-0.2, -0.15) is 0 Å². The molecule has 1 saturated heterocycles. The molecule has 0 bridgehead atoms. The molecule has 2 aromatic heterocycles. The van der Waals surface area contributed by atoms with E-state index in [0.29, 0.717) is 16.9 Å². The number of hydrogen-bond donors (Lipinski definition) is 2. The fraction of sp³-hybridized carbons (Fsp3) is 0.312. The lowest BCUT2D eigenvalue weighted by molar-refractivity contribution is 0.485. The van der Waals surface area contributed by atoms with Crippen LogP contribution < -0.4 is 16.2 Å². The maximum Gasteiger partial charge on any atom is 0.191 e. The van der Waals surface area contributed by atoms with Gasteiger partial charge < -0.3 is 14.9 Å². The smallest absolute Gasteiger partial charge is 0.191 e. The zero-order valence-corrected chi connectivity index (χ0v) is 14.4. The van der Waals surface area contributed by atoms with Crippen LogP contribution in [-0.2, 0) is 7.05 Å². The summed E-state index contributed by atoms with van der Waals surface area (Å²) in [7, 11) is 2.08. The topological polar surface area (TPSA) is 84.9 Å². The van der Waals surface area contributed by atoms with Gasteiger partial charge in [-0.3, -0.25) is 0 Å². The Balaban J connectivity index is 1.56. The van der Waals surface area contributed by atoms with Crippen molar-refractivity contribution < 1.29 is 0 Å². The molecule has 24 heavy (non-hydrogen) atoms. The summed E-state index contributed by atoms with van der Waals surface area (Å²) in [6.45, 7) is 1.79. The van der Waals surface area contributed by atoms with E-state index in [0.717, 1.165) is 30.2 Å². The Hall–Kier alpha value is -2.32. The molecule has 3 N–H and O–H groups in total. The quantitative estimate of drug-likeness (QED) is 0.325. The van der Waals surface area contributed by atoms with Crippen LogP contribution in [0.3, 0.4) is 0 Å². The van der Waals surface area contributed by atoms with Crippen molar-refractivity contribution in [1.82, 2.24) is 19.5 Å². The van der Waals surface area contributed by atoms with Crippen molar-refractivity contribution in [3.05, 3.63) is 36.2 Å². The summed E-state index contributed by atoms with van der Waals surface area (Å²) in [4.78, 5) is 15.9. The van der Waals surface area contributed by atoms with Crippen molar-refractivity contribution in [2.45, 2.75) is 11.1 Å². The second-order valence-electron chi connectivity index (χ2n) is 5.86. The minimum atomic E-state index is 0.407. The fourth-order valence-electron chi connectivity index (χ4n) is 3.10. The van der Waals surface area contributed by atoms with E-state index >= 15 is 0 Å². The highest BCUT2D eigenvalue weighted by Crippen LogP contribution is 2.32. The van der Waals surface area contributed by atoms with E-state index in [-0.39, 0.29) is 0 Å². The number of para-hydroxylation sites is 2. The molecule has 3 heterocycles. The average Bonchev–Trinajstić information content (AvgIpc) is 2.90. The average molecular weight is 341 g/mol. The van der Waals surface area contributed by atoms with Gasteiger partial charge in [0.2, 0.25) is 0 Å². The highest BCUT2D eigenvalue weighted by molar-refractivity contribution is 7.98. The standard InChI is InChI=1S/C16H19N7S/c1-22-12-6-4-3-5-11(12)18-15(22)10-8-23(9-10)14-7-13(21-17)19-16(20-14)24-2/h3-7,10H,8-9,17H2,1-2H3,(H,19,20,21). The number of nitrogens with zero attached hydrogens (tertiary/aromatic N) is 5. The Bertz CT molecular complexity index is 863. The number of aryl methyl sites for hydroxylation is 1. The number of rotatable bonds is 4. The first-order chi connectivity index (χ1) is 11.7. The van der Waals surface area contributed by atoms with Gasteiger partial charge in [-0.25, -0.2) is 20.8 Å². The van der Waals surface area contributed by atoms with E-state index in [1.165, 1.54) is 17.3 Å². The van der Waals surface area contributed by atoms with Gasteiger partial charge in [0.15, 0.2) is 5.16 Å². The van der Waals surface area contributed by atoms with E-state index in [4.69, 9.17) is 10.8 Å². The third-order valence-corrected chi connectivity index (χ3v) is 4.96. The fourth-order valence-corrected chi connectivity index (χ4v) is 3.47. The van der Waals surface area contributed by atoms with Crippen LogP contribution in [0.5, 0.6) is 0 Å². The van der Waals surface area contributed by atoms with Crippen LogP contribution in [0.1, 0.15) is 11.7 Å². The van der Waals surface area contributed by atoms with Crippen LogP contribution in [0.4, 0.5) is 11.6 Å². The number of benzene rings is 1. The zero-order valence-electron chi connectivity index (χ0n) is 13.6. The Kier molecular flexibility index (Phi) is 3.78. The van der Waals surface area contributed by atoms with Gasteiger partial charge in [-0.15, -0.1) is 0 Å². The highest BCUT2D eigenvalue weighted by Gasteiger charge is 2.33. The lowest BCUT2D eigenvalue weighted by Gasteiger charge is -2.39. The van der Waals surface area contributed by atoms with Gasteiger partial charge in [0.1, 0.15) is 17.5 Å². The zero-order chi connectivity index (χ0) is 16.7. The third-order valence-electron chi connectivity index (χ3n) is 4.41. The lowest BCUT2D eigenvalue weighted by atomic mass is 9.99. The van der Waals surface area contributed by atoms with Crippen LogP contribution in [0, 0.1) is 0 Å². The number of hydrogen-bond acceptors (Lipinski definition) is 7. The van der Waals surface area contributed by atoms with E-state index in [1.807, 2.05) is 24.5 Å². The number of thioether (sulfide) groups is 1. The summed E-state index contributed by atoms with van der Waals surface area (Å²) >= 11 is 1.51. The Morgan fingerprint density at radius 1 is 1.21 bits per heavy atom. The molecule has 1 aliphatic rings. The van der Waals surface area contributed by atoms with Crippen molar-refractivity contribution in [3.8, 4) is 0 Å². The maximum absolute atomic E-state index is 5.50. The van der Waals surface area contributed by atoms with Gasteiger partial charge in [0.25, 0.3) is 0 Å². The van der Waals surface area contributed by atoms with Gasteiger partial charge in [0.05, 0.1) is 17.0 Å². The first kappa shape index (κ1) is 15.2. The van der Waals surface area contributed by atoms with Crippen LogP contribution >= 0.6 is 11.8 Å². The molecule has 7 nitrogen and oxygen atoms in total. The summed E-state index contributed by atoms with van der Waals surface area (Å²) in [5.41, 5.74) is 4.83. The molecule has 0 unspecified atom stereocenters. The normalized spacial score (nSPS) is 14.9. The number of nitrogen functional groups attached to an aromatic ring is 1. The van der Waals surface area contributed by atoms with E-state index in [1.54, 1.807) is 0 Å². The molecular weight excluding hydrogens is 322 g/mol. The first-order valence-electron chi connectivity index (χ1n) is 7.75. The summed E-state index contributed by atoms with van der Waals surface area (Å²) in [6.07, 6.45) is 1.96. The summed E-state index contributed by atoms with van der Waals surface area (Å²) in [5, 5.41) is 0.714. The minimum absolute atomic E-state index is 0.407. The second-order valence-corrected chi connectivity index (χ2v) is 6.64. The second kappa shape index (κ2) is 5.95. The molecule has 0 saturated carbocycles. The lowest BCUT2D eigenvalue weighted by Crippen LogP contribution is -2.46. The van der Waals surface area contributed by atoms with Crippen molar-refractivity contribution in [2.24, 2.45) is 12.9 Å². The molecule has 0 radical (unpaired) electrons. The molecule has 4 rings (SSSR count). The summed E-state index contributed by atoms with van der Waals surface area (Å²) < 4.78 is 2.19. The molecule has 0 aliphatic carbocycles. The van der Waals surface area contributed by atoms with Crippen molar-refractivity contribution in [1.29, 1.82) is 0 Å². The molecule has 0 amide bonds. The van der Waals surface area contributed by atoms with Crippen LogP contribution in [0.15, 0.2) is 35.5 Å². The van der Waals surface area contributed by atoms with Gasteiger partial charge in [-0.05, 0) is 18.4 Å². The van der Waals surface area contributed by atoms with Crippen LogP contribution in [0.2, 0.25) is 0 Å². The van der Waals surface area contributed by atoms with E-state index in [9.17, 15) is 0 Å². The molecule has 1 aromatic carbocycles. The third kappa shape index (κ3) is 2.47. The molecule has 1 fully saturated rings. The number of anilines is 2. The van der Waals surface area contributed by atoms with Gasteiger partial charge >= 0.3 is 0 Å². The summed E-state index contributed by atoms with van der Waals surface area (Å²) in [6, 6.07) is 10.1. The van der Waals surface area contributed by atoms with Crippen LogP contribution in [-0.4, -0.2) is 38.9 Å². The Labute approximate surface area is 144 Å². The Morgan fingerprint density at radius 2 is 2.00 bits per heavy atom.